The fraction of sp³-hybridized carbons (Fsp3) is 0.400. The van der Waals surface area contributed by atoms with Gasteiger partial charge in [0.2, 0.25) is 0 Å². The van der Waals surface area contributed by atoms with Crippen molar-refractivity contribution in [2.75, 3.05) is 13.2 Å². The third-order valence-electron chi connectivity index (χ3n) is 4.60. The van der Waals surface area contributed by atoms with Crippen LogP contribution in [0.3, 0.4) is 0 Å². The first kappa shape index (κ1) is 20.3. The third-order valence-corrected chi connectivity index (χ3v) is 5.42. The Hall–Kier alpha value is -0.995. The lowest BCUT2D eigenvalue weighted by Crippen LogP contribution is -2.45. The molecule has 2 radical (unpaired) electrons. The summed E-state index contributed by atoms with van der Waals surface area (Å²) >= 11 is 12.9. The molecule has 2 aromatic carbocycles. The minimum atomic E-state index is -0.401. The average molecular weight is 376 g/mol. The summed E-state index contributed by atoms with van der Waals surface area (Å²) in [4.78, 5) is 0. The predicted molar refractivity (Wildman–Crippen MR) is 108 cm³/mol. The largest absolute Gasteiger partial charge is 0.446 e. The predicted octanol–water partition coefficient (Wildman–Crippen LogP) is 5.34. The fourth-order valence-electron chi connectivity index (χ4n) is 3.16. The molecule has 0 spiro atoms. The summed E-state index contributed by atoms with van der Waals surface area (Å²) in [5.74, 6) is 0. The van der Waals surface area contributed by atoms with E-state index in [4.69, 9.17) is 35.9 Å². The second kappa shape index (κ2) is 9.09. The van der Waals surface area contributed by atoms with Gasteiger partial charge in [-0.05, 0) is 54.7 Å². The van der Waals surface area contributed by atoms with E-state index in [2.05, 4.69) is 36.5 Å². The first-order chi connectivity index (χ1) is 11.9. The van der Waals surface area contributed by atoms with Crippen molar-refractivity contribution in [1.82, 2.24) is 5.32 Å². The number of rotatable bonds is 8. The van der Waals surface area contributed by atoms with Gasteiger partial charge in [-0.15, -0.1) is 0 Å². The lowest BCUT2D eigenvalue weighted by atomic mass is 9.78. The van der Waals surface area contributed by atoms with Crippen LogP contribution in [0.1, 0.15) is 42.0 Å². The van der Waals surface area contributed by atoms with Crippen LogP contribution in [-0.2, 0) is 10.2 Å². The van der Waals surface area contributed by atoms with Crippen molar-refractivity contribution in [3.05, 3.63) is 68.7 Å². The minimum absolute atomic E-state index is 0.401. The van der Waals surface area contributed by atoms with Crippen LogP contribution in [0.5, 0.6) is 0 Å². The molecule has 0 aliphatic carbocycles. The van der Waals surface area contributed by atoms with Gasteiger partial charge in [-0.25, -0.2) is 0 Å². The van der Waals surface area contributed by atoms with Crippen LogP contribution in [-0.4, -0.2) is 21.2 Å². The molecular weight excluding hydrogens is 352 g/mol. The van der Waals surface area contributed by atoms with Crippen LogP contribution in [0.25, 0.3) is 0 Å². The van der Waals surface area contributed by atoms with Gasteiger partial charge in [-0.1, -0.05) is 60.8 Å². The van der Waals surface area contributed by atoms with Crippen molar-refractivity contribution in [1.29, 1.82) is 0 Å². The van der Waals surface area contributed by atoms with E-state index in [-0.39, 0.29) is 0 Å². The molecule has 0 aliphatic heterocycles. The van der Waals surface area contributed by atoms with Crippen LogP contribution < -0.4 is 5.32 Å². The van der Waals surface area contributed by atoms with Gasteiger partial charge in [0, 0.05) is 23.2 Å². The molecule has 0 aliphatic rings. The van der Waals surface area contributed by atoms with E-state index >= 15 is 0 Å². The summed E-state index contributed by atoms with van der Waals surface area (Å²) in [6, 6.07) is 12.4. The Morgan fingerprint density at radius 3 is 1.92 bits per heavy atom. The van der Waals surface area contributed by atoms with Gasteiger partial charge in [0.05, 0.1) is 5.54 Å². The smallest absolute Gasteiger partial charge is 0.282 e. The first-order valence-corrected chi connectivity index (χ1v) is 9.30. The van der Waals surface area contributed by atoms with E-state index in [0.29, 0.717) is 13.2 Å². The normalized spacial score (nSPS) is 11.7. The zero-order valence-corrected chi connectivity index (χ0v) is 16.5. The highest BCUT2D eigenvalue weighted by Crippen LogP contribution is 2.37. The number of hydrogen-bond acceptors (Lipinski definition) is 2. The Labute approximate surface area is 162 Å². The van der Waals surface area contributed by atoms with Gasteiger partial charge >= 0.3 is 0 Å². The maximum Gasteiger partial charge on any atom is 0.282 e. The standard InChI is InChI=1S/C20H24BCl2NO/c1-4-9-20(24-10-11-25-21,16-7-5-14(2)18(22)12-16)17-8-6-15(3)19(23)13-17/h5-8,12-13,24H,4,9-11H2,1-3H3. The van der Waals surface area contributed by atoms with Crippen LogP contribution >= 0.6 is 23.2 Å². The molecule has 1 N–H and O–H groups in total. The van der Waals surface area contributed by atoms with E-state index in [0.717, 1.165) is 45.1 Å². The SMILES string of the molecule is [B]OCCNC(CCC)(c1ccc(C)c(Cl)c1)c1ccc(C)c(Cl)c1. The number of benzene rings is 2. The van der Waals surface area contributed by atoms with E-state index in [9.17, 15) is 0 Å². The number of aryl methyl sites for hydroxylation is 2. The van der Waals surface area contributed by atoms with Crippen LogP contribution in [0.15, 0.2) is 36.4 Å². The second-order valence-electron chi connectivity index (χ2n) is 6.38. The molecule has 0 amide bonds. The van der Waals surface area contributed by atoms with Gasteiger partial charge in [0.25, 0.3) is 8.05 Å². The van der Waals surface area contributed by atoms with Crippen LogP contribution in [0.4, 0.5) is 0 Å². The van der Waals surface area contributed by atoms with Gasteiger partial charge < -0.3 is 9.97 Å². The average Bonchev–Trinajstić information content (AvgIpc) is 2.59. The van der Waals surface area contributed by atoms with Crippen molar-refractivity contribution in [2.45, 2.75) is 39.2 Å². The molecule has 2 nitrogen and oxygen atoms in total. The summed E-state index contributed by atoms with van der Waals surface area (Å²) < 4.78 is 4.76. The molecule has 0 fully saturated rings. The monoisotopic (exact) mass is 375 g/mol. The van der Waals surface area contributed by atoms with Gasteiger partial charge in [-0.2, -0.15) is 0 Å². The Morgan fingerprint density at radius 1 is 1.00 bits per heavy atom. The highest BCUT2D eigenvalue weighted by Gasteiger charge is 2.33. The Kier molecular flexibility index (Phi) is 7.39. The van der Waals surface area contributed by atoms with E-state index < -0.39 is 5.54 Å². The second-order valence-corrected chi connectivity index (χ2v) is 7.20. The quantitative estimate of drug-likeness (QED) is 0.496. The number of hydrogen-bond donors (Lipinski definition) is 1. The first-order valence-electron chi connectivity index (χ1n) is 8.54. The molecule has 132 valence electrons. The molecule has 2 rings (SSSR count). The molecule has 0 bridgehead atoms. The van der Waals surface area contributed by atoms with Crippen LogP contribution in [0, 0.1) is 13.8 Å². The van der Waals surface area contributed by atoms with Crippen LogP contribution in [0.2, 0.25) is 10.0 Å². The molecule has 0 saturated carbocycles. The molecule has 0 atom stereocenters. The highest BCUT2D eigenvalue weighted by molar-refractivity contribution is 6.31. The highest BCUT2D eigenvalue weighted by atomic mass is 35.5. The van der Waals surface area contributed by atoms with Crippen molar-refractivity contribution >= 4 is 31.3 Å². The van der Waals surface area contributed by atoms with Gasteiger partial charge in [0.1, 0.15) is 0 Å². The topological polar surface area (TPSA) is 21.3 Å². The molecule has 0 heterocycles. The molecule has 2 aromatic rings. The number of nitrogens with one attached hydrogen (secondary N) is 1. The fourth-order valence-corrected chi connectivity index (χ4v) is 3.52. The minimum Gasteiger partial charge on any atom is -0.446 e. The summed E-state index contributed by atoms with van der Waals surface area (Å²) in [5, 5.41) is 5.15. The van der Waals surface area contributed by atoms with Gasteiger partial charge in [0.15, 0.2) is 0 Å². The molecule has 0 saturated heterocycles. The summed E-state index contributed by atoms with van der Waals surface area (Å²) in [7, 11) is 5.21. The molecule has 25 heavy (non-hydrogen) atoms. The van der Waals surface area contributed by atoms with Crippen molar-refractivity contribution < 1.29 is 4.65 Å². The summed E-state index contributed by atoms with van der Waals surface area (Å²) in [6.07, 6.45) is 1.89. The lowest BCUT2D eigenvalue weighted by Gasteiger charge is -2.37. The van der Waals surface area contributed by atoms with Crippen molar-refractivity contribution in [3.8, 4) is 0 Å². The number of halogens is 2. The van der Waals surface area contributed by atoms with E-state index in [1.54, 1.807) is 0 Å². The van der Waals surface area contributed by atoms with Gasteiger partial charge in [-0.3, -0.25) is 0 Å². The zero-order valence-electron chi connectivity index (χ0n) is 15.0. The zero-order chi connectivity index (χ0) is 18.4. The van der Waals surface area contributed by atoms with Crippen molar-refractivity contribution in [2.24, 2.45) is 0 Å². The van der Waals surface area contributed by atoms with Crippen molar-refractivity contribution in [3.63, 3.8) is 0 Å². The Morgan fingerprint density at radius 2 is 1.52 bits per heavy atom. The maximum atomic E-state index is 6.43. The Balaban J connectivity index is 2.61. The summed E-state index contributed by atoms with van der Waals surface area (Å²) in [5.41, 5.74) is 3.94. The van der Waals surface area contributed by atoms with E-state index in [1.807, 2.05) is 26.0 Å². The molecule has 0 aromatic heterocycles. The Bertz CT molecular complexity index is 669. The summed E-state index contributed by atoms with van der Waals surface area (Å²) in [6.45, 7) is 7.22. The van der Waals surface area contributed by atoms with E-state index in [1.165, 1.54) is 0 Å². The maximum absolute atomic E-state index is 6.43. The lowest BCUT2D eigenvalue weighted by molar-refractivity contribution is 0.295. The third kappa shape index (κ3) is 4.59. The molecular formula is C20H24BCl2NO. The molecule has 0 unspecified atom stereocenters. The molecule has 5 heteroatoms.